The van der Waals surface area contributed by atoms with Crippen LogP contribution >= 0.6 is 47.8 Å². The van der Waals surface area contributed by atoms with E-state index in [2.05, 4.69) is 438 Å². The van der Waals surface area contributed by atoms with E-state index in [9.17, 15) is 9.90 Å². The number of carbonyl (C=O) groups is 1. The van der Waals surface area contributed by atoms with Crippen molar-refractivity contribution in [2.45, 2.75) is 58.5 Å². The molecule has 0 saturated carbocycles. The molecule has 0 fully saturated rings. The second-order valence-electron chi connectivity index (χ2n) is 32.5. The van der Waals surface area contributed by atoms with Gasteiger partial charge in [0.05, 0.1) is 5.69 Å². The molecule has 3 unspecified atom stereocenters. The molecule has 18 aromatic rings. The zero-order valence-corrected chi connectivity index (χ0v) is 79.3. The van der Waals surface area contributed by atoms with E-state index < -0.39 is 5.60 Å². The number of anilines is 5. The van der Waals surface area contributed by atoms with Gasteiger partial charge in [0.15, 0.2) is 5.78 Å². The summed E-state index contributed by atoms with van der Waals surface area (Å²) in [5, 5.41) is 14.2. The minimum absolute atomic E-state index is 0. The Labute approximate surface area is 808 Å². The van der Waals surface area contributed by atoms with Crippen molar-refractivity contribution in [1.82, 2.24) is 0 Å². The monoisotopic (exact) mass is 1930 g/mol. The van der Waals surface area contributed by atoms with Gasteiger partial charge < -0.3 is 39.7 Å². The van der Waals surface area contributed by atoms with Crippen molar-refractivity contribution in [3.05, 3.63) is 524 Å². The fourth-order valence-electron chi connectivity index (χ4n) is 18.3. The van der Waals surface area contributed by atoms with E-state index in [1.54, 1.807) is 0 Å². The molecule has 0 amide bonds. The molecule has 0 saturated heterocycles. The molecule has 4 aliphatic rings. The molecule has 0 aliphatic heterocycles. The topological polar surface area (TPSA) is 52.6 Å². The standard InChI is InChI=1S/C45H35N.C24H19N.C21H17Br.C14H11BrO.C13H7BrO.CH4.CH3.BrH.Mg/c1-32-21-25-36(26-22-32)45(2)42-19-11-9-18-40(42)41-30-29-38(31-43(41)45)46(37-27-23-34(24-28-37)33-13-5-3-6-14-33)44-20-12-10-17-39(44)35-15-7-4-8-16-35;1-3-9-19(10-4-1)20-15-17-22(18-16-20)25-24-14-8-7-13-23(24)21-11-5-2-6-12-21;1-14-7-9-15(10-8-14)21(2)19-6-4-3-5-17(19)18-12-11-16(22)13-20(18)21;1-14(16)12-5-3-2-4-10(12)11-7-6-9(15)8-13(11)14;14-8-5-6-10-9-3-1-2-4-11(9)13(15)12(10)7-8;;;;/h3-31H,1-2H3;1-18,25H;3-13H,1-2H3;2-8,16H,1H3;1-7H;1H4;1H3;1H;/q;;;;;;-1;;+2. The largest absolute Gasteiger partial charge is 2.00 e. The Morgan fingerprint density at radius 2 is 0.617 bits per heavy atom. The summed E-state index contributed by atoms with van der Waals surface area (Å²) in [6.07, 6.45) is 0. The average molecular weight is 1930 g/mol. The number of nitrogens with one attached hydrogen (secondary N) is 1. The summed E-state index contributed by atoms with van der Waals surface area (Å²) in [6.45, 7) is 10.9. The third kappa shape index (κ3) is 18.3. The average Bonchev–Trinajstić information content (AvgIpc) is 1.56. The van der Waals surface area contributed by atoms with Gasteiger partial charge >= 0.3 is 24.5 Å². The van der Waals surface area contributed by atoms with Crippen LogP contribution in [0, 0.1) is 21.3 Å². The zero-order valence-electron chi connectivity index (χ0n) is 72.6. The fraction of sp³-hybridized carbons (Fsp3) is 0.0756. The van der Waals surface area contributed by atoms with Gasteiger partial charge in [0, 0.05) is 69.3 Å². The first kappa shape index (κ1) is 92.1. The molecule has 4 nitrogen and oxygen atoms in total. The SMILES string of the molecule is C.CC1(O)c2ccccc2-c2ccc(Br)cc21.Cc1ccc(C2(C)c3ccccc3-c3ccc(Br)cc32)cc1.Cc1ccc(C2(C)c3ccccc3-c3ccc(N(c4ccc(-c5ccccc5)cc4)c4ccccc4-c4ccccc4)cc32)cc1.O=C1c2ccccc2-c2ccc(Br)cc21.[Br-].[CH3-].[H+].[Mg+2].c1ccc(-c2ccc(Nc3ccccc3-c3ccccc3)cc2)cc1. The molecule has 9 heteroatoms. The normalized spacial score (nSPS) is 14.8. The fourth-order valence-corrected chi connectivity index (χ4v) is 19.4. The minimum atomic E-state index is -0.879. The van der Waals surface area contributed by atoms with E-state index in [1.807, 2.05) is 91.9 Å². The first-order chi connectivity index (χ1) is 60.5. The van der Waals surface area contributed by atoms with Crippen LogP contribution in [0.15, 0.2) is 450 Å². The van der Waals surface area contributed by atoms with E-state index in [0.717, 1.165) is 86.4 Å². The van der Waals surface area contributed by atoms with Crippen molar-refractivity contribution >= 4 is 105 Å². The molecule has 22 rings (SSSR count). The Morgan fingerprint density at radius 3 is 1.12 bits per heavy atom. The Kier molecular flexibility index (Phi) is 28.8. The summed E-state index contributed by atoms with van der Waals surface area (Å²) in [4.78, 5) is 14.4. The number of para-hydroxylation sites is 2. The number of ketones is 1. The number of rotatable bonds is 11. The molecular formula is C119H97Br4MgN2O2+. The van der Waals surface area contributed by atoms with Gasteiger partial charge in [0.1, 0.15) is 5.60 Å². The third-order valence-electron chi connectivity index (χ3n) is 24.8. The molecule has 18 aromatic carbocycles. The number of fused-ring (bicyclic) bond motifs is 12. The van der Waals surface area contributed by atoms with Crippen molar-refractivity contribution < 1.29 is 28.3 Å². The summed E-state index contributed by atoms with van der Waals surface area (Å²) in [5.74, 6) is 0.127. The molecule has 624 valence electrons. The van der Waals surface area contributed by atoms with E-state index in [1.165, 1.54) is 111 Å². The minimum Gasteiger partial charge on any atom is -1.00 e. The van der Waals surface area contributed by atoms with Crippen molar-refractivity contribution in [3.8, 4) is 89.0 Å². The summed E-state index contributed by atoms with van der Waals surface area (Å²) >= 11 is 10.5. The first-order valence-corrected chi connectivity index (χ1v) is 44.4. The van der Waals surface area contributed by atoms with Gasteiger partial charge in [0.2, 0.25) is 0 Å². The predicted octanol–water partition coefficient (Wildman–Crippen LogP) is 30.2. The number of nitrogens with zero attached hydrogens (tertiary/aromatic N) is 1. The van der Waals surface area contributed by atoms with Gasteiger partial charge in [-0.15, -0.1) is 0 Å². The molecule has 3 atom stereocenters. The molecular weight excluding hydrogens is 1830 g/mol. The quantitative estimate of drug-likeness (QED) is 0.100. The van der Waals surface area contributed by atoms with Crippen LogP contribution < -0.4 is 27.2 Å². The van der Waals surface area contributed by atoms with Crippen LogP contribution in [0.4, 0.5) is 28.4 Å². The third-order valence-corrected chi connectivity index (χ3v) is 26.3. The summed E-state index contributed by atoms with van der Waals surface area (Å²) in [7, 11) is 0. The number of benzene rings is 18. The smallest absolute Gasteiger partial charge is 1.00 e. The van der Waals surface area contributed by atoms with Gasteiger partial charge in [0.25, 0.3) is 0 Å². The van der Waals surface area contributed by atoms with E-state index in [0.29, 0.717) is 0 Å². The summed E-state index contributed by atoms with van der Waals surface area (Å²) in [6, 6.07) is 154. The molecule has 0 heterocycles. The summed E-state index contributed by atoms with van der Waals surface area (Å²) < 4.78 is 3.08. The van der Waals surface area contributed by atoms with Crippen molar-refractivity contribution in [2.75, 3.05) is 10.2 Å². The number of carbonyl (C=O) groups excluding carboxylic acids is 1. The Balaban J connectivity index is 0.000000146. The second kappa shape index (κ2) is 40.0. The molecule has 0 radical (unpaired) electrons. The number of hydrogen-bond donors (Lipinski definition) is 2. The Bertz CT molecular complexity index is 6960. The van der Waals surface area contributed by atoms with Gasteiger partial charge in [-0.3, -0.25) is 4.79 Å². The molecule has 2 N–H and O–H groups in total. The maximum Gasteiger partial charge on any atom is 2.00 e. The molecule has 4 aliphatic carbocycles. The first-order valence-electron chi connectivity index (χ1n) is 42.0. The van der Waals surface area contributed by atoms with Crippen molar-refractivity contribution in [2.24, 2.45) is 0 Å². The number of aliphatic hydroxyl groups is 1. The molecule has 128 heavy (non-hydrogen) atoms. The number of hydrogen-bond acceptors (Lipinski definition) is 4. The van der Waals surface area contributed by atoms with E-state index >= 15 is 0 Å². The maximum absolute atomic E-state index is 12.0. The van der Waals surface area contributed by atoms with Crippen LogP contribution in [0.1, 0.15) is 101 Å². The predicted molar refractivity (Wildman–Crippen MR) is 549 cm³/mol. The van der Waals surface area contributed by atoms with Gasteiger partial charge in [-0.05, 0) is 242 Å². The van der Waals surface area contributed by atoms with Gasteiger partial charge in [-0.1, -0.05) is 418 Å². The van der Waals surface area contributed by atoms with Crippen LogP contribution in [0.25, 0.3) is 89.0 Å². The maximum atomic E-state index is 12.0. The number of aryl methyl sites for hydroxylation is 2. The van der Waals surface area contributed by atoms with Crippen LogP contribution in [0.5, 0.6) is 0 Å². The van der Waals surface area contributed by atoms with Crippen LogP contribution in [-0.4, -0.2) is 33.9 Å². The molecule has 0 spiro atoms. The Hall–Kier alpha value is -12.1. The summed E-state index contributed by atoms with van der Waals surface area (Å²) in [5.41, 5.74) is 38.0. The van der Waals surface area contributed by atoms with Crippen molar-refractivity contribution in [3.63, 3.8) is 0 Å². The van der Waals surface area contributed by atoms with Gasteiger partial charge in [-0.2, -0.15) is 0 Å². The Morgan fingerprint density at radius 1 is 0.289 bits per heavy atom. The molecule has 0 aromatic heterocycles. The van der Waals surface area contributed by atoms with Crippen LogP contribution in [-0.2, 0) is 16.4 Å². The van der Waals surface area contributed by atoms with E-state index in [-0.39, 0.29) is 72.9 Å². The van der Waals surface area contributed by atoms with Gasteiger partial charge in [-0.25, -0.2) is 0 Å². The van der Waals surface area contributed by atoms with Crippen LogP contribution in [0.2, 0.25) is 0 Å². The number of halogens is 4. The second-order valence-corrected chi connectivity index (χ2v) is 35.2. The van der Waals surface area contributed by atoms with Crippen LogP contribution in [0.3, 0.4) is 0 Å². The zero-order chi connectivity index (χ0) is 85.1. The van der Waals surface area contributed by atoms with Crippen molar-refractivity contribution in [1.29, 1.82) is 0 Å². The molecule has 0 bridgehead atoms. The van der Waals surface area contributed by atoms with E-state index in [4.69, 9.17) is 0 Å².